The highest BCUT2D eigenvalue weighted by Gasteiger charge is 2.16. The largest absolute Gasteiger partial charge is 0.444 e. The number of carbonyl (C=O) groups excluding carboxylic acids is 1. The summed E-state index contributed by atoms with van der Waals surface area (Å²) < 4.78 is 6.57. The van der Waals surface area contributed by atoms with Crippen LogP contribution in [0.1, 0.15) is 20.8 Å². The van der Waals surface area contributed by atoms with Crippen LogP contribution < -0.4 is 10.9 Å². The van der Waals surface area contributed by atoms with E-state index >= 15 is 0 Å². The van der Waals surface area contributed by atoms with Crippen molar-refractivity contribution < 1.29 is 9.53 Å². The fraction of sp³-hybridized carbons (Fsp3) is 0.357. The molecule has 1 aromatic carbocycles. The van der Waals surface area contributed by atoms with Crippen molar-refractivity contribution in [2.75, 3.05) is 5.32 Å². The summed E-state index contributed by atoms with van der Waals surface area (Å²) in [4.78, 5) is 27.7. The molecule has 20 heavy (non-hydrogen) atoms. The fourth-order valence-corrected chi connectivity index (χ4v) is 1.71. The summed E-state index contributed by atoms with van der Waals surface area (Å²) in [6, 6.07) is 4.92. The third kappa shape index (κ3) is 3.14. The van der Waals surface area contributed by atoms with Gasteiger partial charge in [0.1, 0.15) is 5.60 Å². The van der Waals surface area contributed by atoms with Gasteiger partial charge in [-0.05, 0) is 39.0 Å². The van der Waals surface area contributed by atoms with E-state index in [-0.39, 0.29) is 5.56 Å². The lowest BCUT2D eigenvalue weighted by atomic mass is 10.2. The molecule has 2 aromatic rings. The molecular formula is C14H17N3O3. The van der Waals surface area contributed by atoms with Gasteiger partial charge < -0.3 is 9.30 Å². The first kappa shape index (κ1) is 14.0. The molecule has 2 rings (SSSR count). The lowest BCUT2D eigenvalue weighted by molar-refractivity contribution is 0.0636. The fourth-order valence-electron chi connectivity index (χ4n) is 1.71. The van der Waals surface area contributed by atoms with Gasteiger partial charge in [0.05, 0.1) is 17.2 Å². The van der Waals surface area contributed by atoms with Gasteiger partial charge in [-0.25, -0.2) is 9.78 Å². The van der Waals surface area contributed by atoms with Crippen LogP contribution in [0.5, 0.6) is 0 Å². The predicted molar refractivity (Wildman–Crippen MR) is 76.8 cm³/mol. The second-order valence-corrected chi connectivity index (χ2v) is 5.52. The van der Waals surface area contributed by atoms with Crippen LogP contribution in [-0.4, -0.2) is 21.2 Å². The summed E-state index contributed by atoms with van der Waals surface area (Å²) in [6.45, 7) is 5.37. The number of ether oxygens (including phenoxy) is 1. The topological polar surface area (TPSA) is 73.2 Å². The predicted octanol–water partition coefficient (Wildman–Crippen LogP) is 2.28. The Morgan fingerprint density at radius 3 is 2.70 bits per heavy atom. The minimum Gasteiger partial charge on any atom is -0.444 e. The van der Waals surface area contributed by atoms with Crippen LogP contribution in [0.15, 0.2) is 29.3 Å². The van der Waals surface area contributed by atoms with Gasteiger partial charge in [-0.2, -0.15) is 0 Å². The van der Waals surface area contributed by atoms with Gasteiger partial charge in [0, 0.05) is 12.7 Å². The number of aryl methyl sites for hydroxylation is 1. The standard InChI is InChI=1S/C14H17N3O3/c1-14(2,3)20-13(19)16-9-5-6-10-11(7-9)15-8-17(4)12(10)18/h5-8H,1-4H3,(H,16,19). The first-order chi connectivity index (χ1) is 9.26. The molecule has 1 heterocycles. The zero-order chi connectivity index (χ0) is 14.9. The molecule has 0 saturated carbocycles. The SMILES string of the molecule is Cn1cnc2cc(NC(=O)OC(C)(C)C)ccc2c1=O. The molecule has 0 spiro atoms. The van der Waals surface area contributed by atoms with Crippen molar-refractivity contribution in [3.63, 3.8) is 0 Å². The minimum absolute atomic E-state index is 0.126. The molecule has 0 aliphatic heterocycles. The average Bonchev–Trinajstić information content (AvgIpc) is 2.31. The van der Waals surface area contributed by atoms with Gasteiger partial charge in [0.15, 0.2) is 0 Å². The van der Waals surface area contributed by atoms with Gasteiger partial charge in [0.25, 0.3) is 5.56 Å². The number of amides is 1. The molecule has 6 nitrogen and oxygen atoms in total. The van der Waals surface area contributed by atoms with Crippen LogP contribution in [0.2, 0.25) is 0 Å². The van der Waals surface area contributed by atoms with E-state index in [1.807, 2.05) is 0 Å². The van der Waals surface area contributed by atoms with Crippen LogP contribution in [0.4, 0.5) is 10.5 Å². The summed E-state index contributed by atoms with van der Waals surface area (Å²) in [5.41, 5.74) is 0.378. The second-order valence-electron chi connectivity index (χ2n) is 5.52. The Bertz CT molecular complexity index is 714. The number of aromatic nitrogens is 2. The summed E-state index contributed by atoms with van der Waals surface area (Å²) >= 11 is 0. The number of hydrogen-bond acceptors (Lipinski definition) is 4. The van der Waals surface area contributed by atoms with Gasteiger partial charge in [-0.1, -0.05) is 0 Å². The molecule has 0 fully saturated rings. The number of rotatable bonds is 1. The molecule has 0 saturated heterocycles. The Morgan fingerprint density at radius 1 is 1.35 bits per heavy atom. The van der Waals surface area contributed by atoms with Crippen molar-refractivity contribution in [3.8, 4) is 0 Å². The quantitative estimate of drug-likeness (QED) is 0.866. The maximum atomic E-state index is 11.9. The monoisotopic (exact) mass is 275 g/mol. The molecule has 0 atom stereocenters. The van der Waals surface area contributed by atoms with Crippen molar-refractivity contribution in [3.05, 3.63) is 34.9 Å². The van der Waals surface area contributed by atoms with E-state index in [1.165, 1.54) is 10.9 Å². The third-order valence-corrected chi connectivity index (χ3v) is 2.56. The van der Waals surface area contributed by atoms with Gasteiger partial charge in [0.2, 0.25) is 0 Å². The smallest absolute Gasteiger partial charge is 0.412 e. The van der Waals surface area contributed by atoms with Crippen molar-refractivity contribution in [2.45, 2.75) is 26.4 Å². The Hall–Kier alpha value is -2.37. The van der Waals surface area contributed by atoms with E-state index in [4.69, 9.17) is 4.74 Å². The molecule has 0 bridgehead atoms. The van der Waals surface area contributed by atoms with E-state index in [0.29, 0.717) is 16.6 Å². The molecule has 0 unspecified atom stereocenters. The normalized spacial score (nSPS) is 11.4. The summed E-state index contributed by atoms with van der Waals surface area (Å²) in [5.74, 6) is 0. The molecule has 0 aliphatic rings. The number of nitrogens with one attached hydrogen (secondary N) is 1. The van der Waals surface area contributed by atoms with Crippen molar-refractivity contribution in [1.29, 1.82) is 0 Å². The maximum absolute atomic E-state index is 11.9. The highest BCUT2D eigenvalue weighted by atomic mass is 16.6. The van der Waals surface area contributed by atoms with E-state index in [2.05, 4.69) is 10.3 Å². The van der Waals surface area contributed by atoms with E-state index in [0.717, 1.165) is 0 Å². The van der Waals surface area contributed by atoms with E-state index in [9.17, 15) is 9.59 Å². The Balaban J connectivity index is 2.27. The van der Waals surface area contributed by atoms with Gasteiger partial charge >= 0.3 is 6.09 Å². The molecule has 6 heteroatoms. The number of fused-ring (bicyclic) bond motifs is 1. The molecular weight excluding hydrogens is 258 g/mol. The number of nitrogens with zero attached hydrogens (tertiary/aromatic N) is 2. The number of hydrogen-bond donors (Lipinski definition) is 1. The van der Waals surface area contributed by atoms with Gasteiger partial charge in [-0.3, -0.25) is 10.1 Å². The summed E-state index contributed by atoms with van der Waals surface area (Å²) in [5, 5.41) is 3.12. The molecule has 0 radical (unpaired) electrons. The first-order valence-corrected chi connectivity index (χ1v) is 6.22. The minimum atomic E-state index is -0.560. The van der Waals surface area contributed by atoms with Crippen LogP contribution >= 0.6 is 0 Å². The number of anilines is 1. The van der Waals surface area contributed by atoms with Crippen molar-refractivity contribution in [2.24, 2.45) is 7.05 Å². The van der Waals surface area contributed by atoms with E-state index in [1.54, 1.807) is 46.0 Å². The lowest BCUT2D eigenvalue weighted by Gasteiger charge is -2.19. The van der Waals surface area contributed by atoms with Crippen molar-refractivity contribution >= 4 is 22.7 Å². The molecule has 1 aromatic heterocycles. The lowest BCUT2D eigenvalue weighted by Crippen LogP contribution is -2.27. The number of carbonyl (C=O) groups is 1. The second kappa shape index (κ2) is 4.96. The first-order valence-electron chi connectivity index (χ1n) is 6.22. The Kier molecular flexibility index (Phi) is 3.48. The van der Waals surface area contributed by atoms with Crippen molar-refractivity contribution in [1.82, 2.24) is 9.55 Å². The number of benzene rings is 1. The Labute approximate surface area is 116 Å². The zero-order valence-corrected chi connectivity index (χ0v) is 11.9. The third-order valence-electron chi connectivity index (χ3n) is 2.56. The summed E-state index contributed by atoms with van der Waals surface area (Å²) in [7, 11) is 1.64. The Morgan fingerprint density at radius 2 is 2.05 bits per heavy atom. The molecule has 1 amide bonds. The molecule has 1 N–H and O–H groups in total. The van der Waals surface area contributed by atoms with Crippen LogP contribution in [0, 0.1) is 0 Å². The maximum Gasteiger partial charge on any atom is 0.412 e. The van der Waals surface area contributed by atoms with E-state index < -0.39 is 11.7 Å². The molecule has 106 valence electrons. The average molecular weight is 275 g/mol. The van der Waals surface area contributed by atoms with Crippen LogP contribution in [-0.2, 0) is 11.8 Å². The highest BCUT2D eigenvalue weighted by Crippen LogP contribution is 2.16. The van der Waals surface area contributed by atoms with Crippen LogP contribution in [0.25, 0.3) is 10.9 Å². The highest BCUT2D eigenvalue weighted by molar-refractivity contribution is 5.89. The van der Waals surface area contributed by atoms with Gasteiger partial charge in [-0.15, -0.1) is 0 Å². The zero-order valence-electron chi connectivity index (χ0n) is 11.9. The van der Waals surface area contributed by atoms with Crippen LogP contribution in [0.3, 0.4) is 0 Å². The molecule has 0 aliphatic carbocycles. The summed E-state index contributed by atoms with van der Waals surface area (Å²) in [6.07, 6.45) is 0.905.